The van der Waals surface area contributed by atoms with Crippen LogP contribution in [0, 0.1) is 5.92 Å². The monoisotopic (exact) mass is 348 g/mol. The number of nitrogens with one attached hydrogen (secondary N) is 1. The van der Waals surface area contributed by atoms with Crippen molar-refractivity contribution < 1.29 is 19.4 Å². The molecule has 0 radical (unpaired) electrons. The zero-order valence-electron chi connectivity index (χ0n) is 13.8. The Balaban J connectivity index is 0.00000264. The van der Waals surface area contributed by atoms with Crippen LogP contribution in [-0.2, 0) is 14.3 Å². The maximum Gasteiger partial charge on any atom is 0.322 e. The third-order valence-corrected chi connectivity index (χ3v) is 4.69. The summed E-state index contributed by atoms with van der Waals surface area (Å²) in [6, 6.07) is 0. The number of hydrogen-bond acceptors (Lipinski definition) is 4. The summed E-state index contributed by atoms with van der Waals surface area (Å²) in [7, 11) is 0. The second-order valence-corrected chi connectivity index (χ2v) is 6.66. The molecule has 0 unspecified atom stereocenters. The van der Waals surface area contributed by atoms with Gasteiger partial charge in [-0.15, -0.1) is 12.4 Å². The van der Waals surface area contributed by atoms with E-state index in [-0.39, 0.29) is 31.4 Å². The van der Waals surface area contributed by atoms with E-state index >= 15 is 0 Å². The number of rotatable bonds is 6. The number of carbonyl (C=O) groups excluding carboxylic acids is 1. The Bertz CT molecular complexity index is 378. The molecule has 6 nitrogen and oxygen atoms in total. The van der Waals surface area contributed by atoms with E-state index in [1.54, 1.807) is 0 Å². The van der Waals surface area contributed by atoms with Crippen molar-refractivity contribution in [3.63, 3.8) is 0 Å². The lowest BCUT2D eigenvalue weighted by Crippen LogP contribution is -2.44. The fourth-order valence-corrected chi connectivity index (χ4v) is 3.27. The smallest absolute Gasteiger partial charge is 0.322 e. The average Bonchev–Trinajstić information content (AvgIpc) is 2.49. The molecule has 0 spiro atoms. The quantitative estimate of drug-likeness (QED) is 0.763. The lowest BCUT2D eigenvalue weighted by atomic mass is 9.88. The zero-order chi connectivity index (χ0) is 15.9. The summed E-state index contributed by atoms with van der Waals surface area (Å²) < 4.78 is 6.21. The molecule has 0 atom stereocenters. The molecule has 1 saturated carbocycles. The Hall–Kier alpha value is -0.850. The van der Waals surface area contributed by atoms with Gasteiger partial charge in [0.15, 0.2) is 0 Å². The van der Waals surface area contributed by atoms with Gasteiger partial charge in [0.2, 0.25) is 5.91 Å². The minimum absolute atomic E-state index is 0. The predicted molar refractivity (Wildman–Crippen MR) is 89.9 cm³/mol. The third-order valence-electron chi connectivity index (χ3n) is 4.69. The van der Waals surface area contributed by atoms with Crippen LogP contribution in [0.2, 0.25) is 0 Å². The van der Waals surface area contributed by atoms with E-state index < -0.39 is 5.97 Å². The van der Waals surface area contributed by atoms with Crippen LogP contribution in [0.15, 0.2) is 0 Å². The van der Waals surface area contributed by atoms with Gasteiger partial charge in [-0.2, -0.15) is 0 Å². The molecule has 134 valence electrons. The Kier molecular flexibility index (Phi) is 8.87. The van der Waals surface area contributed by atoms with Crippen LogP contribution in [0.3, 0.4) is 0 Å². The second-order valence-electron chi connectivity index (χ2n) is 6.66. The summed E-state index contributed by atoms with van der Waals surface area (Å²) >= 11 is 0. The van der Waals surface area contributed by atoms with Crippen LogP contribution >= 0.6 is 12.4 Å². The molecule has 0 aromatic heterocycles. The highest BCUT2D eigenvalue weighted by Crippen LogP contribution is 2.28. The van der Waals surface area contributed by atoms with Gasteiger partial charge in [0.25, 0.3) is 0 Å². The minimum atomic E-state index is -1.01. The molecule has 1 saturated heterocycles. The number of hydrogen-bond donors (Lipinski definition) is 2. The van der Waals surface area contributed by atoms with Gasteiger partial charge in [0.1, 0.15) is 6.54 Å². The molecule has 23 heavy (non-hydrogen) atoms. The summed E-state index contributed by atoms with van der Waals surface area (Å²) in [5.41, 5.74) is 0. The highest BCUT2D eigenvalue weighted by atomic mass is 35.5. The molecule has 0 aromatic carbocycles. The summed E-state index contributed by atoms with van der Waals surface area (Å²) in [6.07, 6.45) is 7.55. The van der Waals surface area contributed by atoms with E-state index in [0.717, 1.165) is 31.8 Å². The molecule has 1 aliphatic carbocycles. The van der Waals surface area contributed by atoms with Crippen molar-refractivity contribution in [2.24, 2.45) is 5.92 Å². The molecule has 1 heterocycles. The number of aliphatic carboxylic acids is 1. The van der Waals surface area contributed by atoms with Crippen LogP contribution in [0.5, 0.6) is 0 Å². The fraction of sp³-hybridized carbons (Fsp3) is 0.875. The molecule has 1 aliphatic heterocycles. The van der Waals surface area contributed by atoms with Crippen LogP contribution in [-0.4, -0.2) is 60.3 Å². The topological polar surface area (TPSA) is 78.9 Å². The van der Waals surface area contributed by atoms with Crippen LogP contribution < -0.4 is 5.32 Å². The molecular formula is C16H29ClN2O4. The van der Waals surface area contributed by atoms with Crippen molar-refractivity contribution in [3.8, 4) is 0 Å². The lowest BCUT2D eigenvalue weighted by molar-refractivity contribution is -0.138. The molecule has 0 aromatic rings. The van der Waals surface area contributed by atoms with Crippen molar-refractivity contribution in [2.45, 2.75) is 57.7 Å². The fourth-order valence-electron chi connectivity index (χ4n) is 3.27. The molecule has 2 aliphatic rings. The summed E-state index contributed by atoms with van der Waals surface area (Å²) in [5.74, 6) is -0.392. The van der Waals surface area contributed by atoms with Crippen molar-refractivity contribution in [2.75, 3.05) is 26.2 Å². The van der Waals surface area contributed by atoms with E-state index in [0.29, 0.717) is 12.2 Å². The van der Waals surface area contributed by atoms with Gasteiger partial charge in [0.05, 0.1) is 18.8 Å². The van der Waals surface area contributed by atoms with Gasteiger partial charge in [0, 0.05) is 13.1 Å². The molecule has 0 bridgehead atoms. The Labute approximate surface area is 144 Å². The van der Waals surface area contributed by atoms with Crippen LogP contribution in [0.25, 0.3) is 0 Å². The van der Waals surface area contributed by atoms with Gasteiger partial charge >= 0.3 is 5.97 Å². The standard InChI is InChI=1S/C16H28N2O4.ClH/c1-12-2-4-13(5-3-12)22-14-6-8-18(9-7-14)11-15(19)17-10-16(20)21;/h12-14H,2-11H2,1H3,(H,17,19)(H,20,21);1H. The number of likely N-dealkylation sites (tertiary alicyclic amines) is 1. The molecule has 1 amide bonds. The van der Waals surface area contributed by atoms with Crippen molar-refractivity contribution >= 4 is 24.3 Å². The van der Waals surface area contributed by atoms with E-state index in [1.807, 2.05) is 0 Å². The first kappa shape index (κ1) is 20.2. The maximum absolute atomic E-state index is 11.6. The molecule has 7 heteroatoms. The number of nitrogens with zero attached hydrogens (tertiary/aromatic N) is 1. The van der Waals surface area contributed by atoms with E-state index in [9.17, 15) is 9.59 Å². The first-order valence-corrected chi connectivity index (χ1v) is 8.39. The largest absolute Gasteiger partial charge is 0.480 e. The number of piperidine rings is 1. The van der Waals surface area contributed by atoms with Gasteiger partial charge in [-0.25, -0.2) is 0 Å². The van der Waals surface area contributed by atoms with Gasteiger partial charge < -0.3 is 15.2 Å². The normalized spacial score (nSPS) is 26.3. The number of carboxylic acid groups (broad SMARTS) is 1. The first-order valence-electron chi connectivity index (χ1n) is 8.39. The Morgan fingerprint density at radius 2 is 1.65 bits per heavy atom. The molecule has 2 N–H and O–H groups in total. The van der Waals surface area contributed by atoms with Crippen molar-refractivity contribution in [1.29, 1.82) is 0 Å². The minimum Gasteiger partial charge on any atom is -0.480 e. The number of halogens is 1. The third kappa shape index (κ3) is 7.50. The maximum atomic E-state index is 11.6. The summed E-state index contributed by atoms with van der Waals surface area (Å²) in [5, 5.41) is 10.9. The van der Waals surface area contributed by atoms with Crippen LogP contribution in [0.4, 0.5) is 0 Å². The van der Waals surface area contributed by atoms with Crippen LogP contribution in [0.1, 0.15) is 45.4 Å². The first-order chi connectivity index (χ1) is 10.5. The molecule has 2 fully saturated rings. The summed E-state index contributed by atoms with van der Waals surface area (Å²) in [4.78, 5) is 24.1. The molecular weight excluding hydrogens is 320 g/mol. The predicted octanol–water partition coefficient (Wildman–Crippen LogP) is 1.67. The van der Waals surface area contributed by atoms with Gasteiger partial charge in [-0.3, -0.25) is 14.5 Å². The Morgan fingerprint density at radius 3 is 2.22 bits per heavy atom. The van der Waals surface area contributed by atoms with E-state index in [2.05, 4.69) is 17.1 Å². The summed E-state index contributed by atoms with van der Waals surface area (Å²) in [6.45, 7) is 3.96. The van der Waals surface area contributed by atoms with Gasteiger partial charge in [-0.1, -0.05) is 6.92 Å². The highest BCUT2D eigenvalue weighted by Gasteiger charge is 2.26. The number of amides is 1. The second kappa shape index (κ2) is 10.1. The number of carbonyl (C=O) groups is 2. The van der Waals surface area contributed by atoms with Gasteiger partial charge in [-0.05, 0) is 44.4 Å². The molecule has 2 rings (SSSR count). The average molecular weight is 349 g/mol. The Morgan fingerprint density at radius 1 is 1.09 bits per heavy atom. The zero-order valence-corrected chi connectivity index (χ0v) is 14.6. The van der Waals surface area contributed by atoms with E-state index in [4.69, 9.17) is 9.84 Å². The number of ether oxygens (including phenoxy) is 1. The lowest BCUT2D eigenvalue weighted by Gasteiger charge is -2.35. The van der Waals surface area contributed by atoms with E-state index in [1.165, 1.54) is 25.7 Å². The number of carboxylic acids is 1. The van der Waals surface area contributed by atoms with Crippen molar-refractivity contribution in [3.05, 3.63) is 0 Å². The SMILES string of the molecule is CC1CCC(OC2CCN(CC(=O)NCC(=O)O)CC2)CC1.Cl. The highest BCUT2D eigenvalue weighted by molar-refractivity contribution is 5.85. The van der Waals surface area contributed by atoms with Crippen molar-refractivity contribution in [1.82, 2.24) is 10.2 Å².